The first-order chi connectivity index (χ1) is 8.91. The predicted octanol–water partition coefficient (Wildman–Crippen LogP) is 6.41. The third kappa shape index (κ3) is 15.2. The third-order valence-corrected chi connectivity index (χ3v) is 3.06. The highest BCUT2D eigenvalue weighted by atomic mass is 14.0. The zero-order valence-corrected chi connectivity index (χ0v) is 12.5. The van der Waals surface area contributed by atoms with E-state index in [0.29, 0.717) is 0 Å². The highest BCUT2D eigenvalue weighted by Crippen LogP contribution is 2.09. The van der Waals surface area contributed by atoms with Crippen LogP contribution in [0.3, 0.4) is 0 Å². The molecule has 0 saturated heterocycles. The Hall–Kier alpha value is -0.780. The first-order valence-electron chi connectivity index (χ1n) is 7.82. The molecular weight excluding hydrogens is 216 g/mol. The molecule has 0 aliphatic carbocycles. The molecule has 18 heavy (non-hydrogen) atoms. The van der Waals surface area contributed by atoms with E-state index in [1.807, 2.05) is 30.3 Å². The fourth-order valence-corrected chi connectivity index (χ4v) is 1.90. The van der Waals surface area contributed by atoms with Crippen LogP contribution >= 0.6 is 0 Å². The topological polar surface area (TPSA) is 0 Å². The average molecular weight is 247 g/mol. The molecule has 0 spiro atoms. The van der Waals surface area contributed by atoms with E-state index in [9.17, 15) is 0 Å². The number of rotatable bonds is 9. The standard InChI is InChI=1S/C12H26.C6H5/c1-3-5-7-9-11-12-10-8-6-4-2;1-2-4-6-5-3-1/h3-12H2,1-2H3;1-5H. The van der Waals surface area contributed by atoms with Gasteiger partial charge in [-0.05, 0) is 6.07 Å². The lowest BCUT2D eigenvalue weighted by atomic mass is 10.1. The zero-order chi connectivity index (χ0) is 13.3. The molecule has 0 fully saturated rings. The van der Waals surface area contributed by atoms with Crippen LogP contribution in [-0.2, 0) is 0 Å². The Kier molecular flexibility index (Phi) is 15.5. The van der Waals surface area contributed by atoms with Crippen molar-refractivity contribution in [2.24, 2.45) is 0 Å². The molecule has 0 heterocycles. The number of benzene rings is 1. The summed E-state index contributed by atoms with van der Waals surface area (Å²) >= 11 is 0. The zero-order valence-electron chi connectivity index (χ0n) is 12.5. The van der Waals surface area contributed by atoms with Crippen LogP contribution in [0.4, 0.5) is 0 Å². The van der Waals surface area contributed by atoms with E-state index in [0.717, 1.165) is 0 Å². The molecule has 0 amide bonds. The van der Waals surface area contributed by atoms with Crippen LogP contribution in [-0.4, -0.2) is 0 Å². The molecular formula is C18H31. The van der Waals surface area contributed by atoms with Crippen LogP contribution in [0.1, 0.15) is 78.1 Å². The number of hydrogen-bond donors (Lipinski definition) is 0. The van der Waals surface area contributed by atoms with Gasteiger partial charge in [-0.2, -0.15) is 0 Å². The van der Waals surface area contributed by atoms with Gasteiger partial charge in [0.05, 0.1) is 0 Å². The van der Waals surface area contributed by atoms with Crippen molar-refractivity contribution in [2.45, 2.75) is 78.1 Å². The van der Waals surface area contributed by atoms with Gasteiger partial charge in [0, 0.05) is 0 Å². The van der Waals surface area contributed by atoms with Gasteiger partial charge in [-0.1, -0.05) is 108 Å². The lowest BCUT2D eigenvalue weighted by Gasteiger charge is -1.99. The molecule has 0 aliphatic rings. The molecule has 1 radical (unpaired) electrons. The van der Waals surface area contributed by atoms with Crippen molar-refractivity contribution >= 4 is 0 Å². The van der Waals surface area contributed by atoms with Crippen molar-refractivity contribution in [3.8, 4) is 0 Å². The molecule has 1 aromatic carbocycles. The van der Waals surface area contributed by atoms with Crippen molar-refractivity contribution in [3.63, 3.8) is 0 Å². The minimum absolute atomic E-state index is 1.37. The van der Waals surface area contributed by atoms with Crippen molar-refractivity contribution in [2.75, 3.05) is 0 Å². The minimum atomic E-state index is 1.37. The van der Waals surface area contributed by atoms with Crippen LogP contribution in [0.5, 0.6) is 0 Å². The Morgan fingerprint density at radius 3 is 1.17 bits per heavy atom. The maximum Gasteiger partial charge on any atom is -0.0184 e. The molecule has 0 aromatic heterocycles. The second-order valence-corrected chi connectivity index (χ2v) is 4.91. The summed E-state index contributed by atoms with van der Waals surface area (Å²) in [7, 11) is 0. The molecule has 1 rings (SSSR count). The molecule has 0 saturated carbocycles. The summed E-state index contributed by atoms with van der Waals surface area (Å²) in [6.45, 7) is 4.56. The lowest BCUT2D eigenvalue weighted by molar-refractivity contribution is 0.562. The summed E-state index contributed by atoms with van der Waals surface area (Å²) in [6, 6.07) is 12.5. The van der Waals surface area contributed by atoms with Crippen molar-refractivity contribution in [1.29, 1.82) is 0 Å². The van der Waals surface area contributed by atoms with Gasteiger partial charge in [-0.3, -0.25) is 0 Å². The SMILES string of the molecule is CCCCCCCCCCCC.[c]1ccccc1. The molecule has 0 atom stereocenters. The van der Waals surface area contributed by atoms with E-state index in [1.54, 1.807) is 0 Å². The van der Waals surface area contributed by atoms with Gasteiger partial charge in [0.2, 0.25) is 0 Å². The molecule has 0 heteroatoms. The normalized spacial score (nSPS) is 9.67. The van der Waals surface area contributed by atoms with Gasteiger partial charge in [-0.25, -0.2) is 0 Å². The average Bonchev–Trinajstić information content (AvgIpc) is 2.44. The highest BCUT2D eigenvalue weighted by Gasteiger charge is 1.90. The molecule has 1 aromatic rings. The van der Waals surface area contributed by atoms with Gasteiger partial charge in [-0.15, -0.1) is 0 Å². The molecule has 103 valence electrons. The van der Waals surface area contributed by atoms with Crippen LogP contribution in [0.2, 0.25) is 0 Å². The summed E-state index contributed by atoms with van der Waals surface area (Å²) in [4.78, 5) is 0. The Bertz CT molecular complexity index is 178. The summed E-state index contributed by atoms with van der Waals surface area (Å²) in [5, 5.41) is 0. The summed E-state index contributed by atoms with van der Waals surface area (Å²) in [5.74, 6) is 0. The van der Waals surface area contributed by atoms with Gasteiger partial charge in [0.1, 0.15) is 0 Å². The van der Waals surface area contributed by atoms with E-state index in [1.165, 1.54) is 64.2 Å². The van der Waals surface area contributed by atoms with Crippen LogP contribution in [0, 0.1) is 6.07 Å². The van der Waals surface area contributed by atoms with Crippen molar-refractivity contribution < 1.29 is 0 Å². The highest BCUT2D eigenvalue weighted by molar-refractivity contribution is 4.97. The number of hydrogen-bond acceptors (Lipinski definition) is 0. The minimum Gasteiger partial charge on any atom is -0.0654 e. The summed E-state index contributed by atoms with van der Waals surface area (Å²) in [6.07, 6.45) is 14.4. The van der Waals surface area contributed by atoms with E-state index in [-0.39, 0.29) is 0 Å². The molecule has 0 nitrogen and oxygen atoms in total. The fourth-order valence-electron chi connectivity index (χ4n) is 1.90. The fraction of sp³-hybridized carbons (Fsp3) is 0.667. The van der Waals surface area contributed by atoms with E-state index in [2.05, 4.69) is 19.9 Å². The van der Waals surface area contributed by atoms with Crippen LogP contribution in [0.25, 0.3) is 0 Å². The Morgan fingerprint density at radius 1 is 0.556 bits per heavy atom. The maximum absolute atomic E-state index is 2.89. The van der Waals surface area contributed by atoms with Crippen molar-refractivity contribution in [3.05, 3.63) is 36.4 Å². The third-order valence-electron chi connectivity index (χ3n) is 3.06. The Morgan fingerprint density at radius 2 is 0.944 bits per heavy atom. The monoisotopic (exact) mass is 247 g/mol. The maximum atomic E-state index is 2.89. The Labute approximate surface area is 115 Å². The molecule has 0 unspecified atom stereocenters. The van der Waals surface area contributed by atoms with Crippen molar-refractivity contribution in [1.82, 2.24) is 0 Å². The van der Waals surface area contributed by atoms with Gasteiger partial charge in [0.25, 0.3) is 0 Å². The second-order valence-electron chi connectivity index (χ2n) is 4.91. The van der Waals surface area contributed by atoms with Gasteiger partial charge < -0.3 is 0 Å². The van der Waals surface area contributed by atoms with E-state index < -0.39 is 0 Å². The first-order valence-corrected chi connectivity index (χ1v) is 7.82. The summed E-state index contributed by atoms with van der Waals surface area (Å²) < 4.78 is 0. The smallest absolute Gasteiger partial charge is 0.0184 e. The summed E-state index contributed by atoms with van der Waals surface area (Å²) in [5.41, 5.74) is 0. The Balaban J connectivity index is 0.000000397. The van der Waals surface area contributed by atoms with Crippen LogP contribution in [0.15, 0.2) is 30.3 Å². The molecule has 0 N–H and O–H groups in total. The predicted molar refractivity (Wildman–Crippen MR) is 82.8 cm³/mol. The first kappa shape index (κ1) is 17.2. The quantitative estimate of drug-likeness (QED) is 0.442. The second kappa shape index (κ2) is 16.2. The van der Waals surface area contributed by atoms with E-state index >= 15 is 0 Å². The van der Waals surface area contributed by atoms with Gasteiger partial charge in [0.15, 0.2) is 0 Å². The van der Waals surface area contributed by atoms with Gasteiger partial charge >= 0.3 is 0 Å². The molecule has 0 aliphatic heterocycles. The largest absolute Gasteiger partial charge is 0.0654 e. The molecule has 0 bridgehead atoms. The van der Waals surface area contributed by atoms with E-state index in [4.69, 9.17) is 0 Å². The van der Waals surface area contributed by atoms with Crippen LogP contribution < -0.4 is 0 Å². The number of unbranched alkanes of at least 4 members (excludes halogenated alkanes) is 9. The lowest BCUT2D eigenvalue weighted by Crippen LogP contribution is -1.80.